The Hall–Kier alpha value is -1.95. The Balaban J connectivity index is 2.29. The van der Waals surface area contributed by atoms with Crippen LogP contribution in [0.2, 0.25) is 13.1 Å². The van der Waals surface area contributed by atoms with E-state index in [-0.39, 0.29) is 0 Å². The van der Waals surface area contributed by atoms with Crippen molar-refractivity contribution in [2.24, 2.45) is 0 Å². The molecule has 0 amide bonds. The molecule has 3 aromatic rings. The van der Waals surface area contributed by atoms with Gasteiger partial charge in [0.1, 0.15) is 7.59 Å². The number of hydrogen-bond acceptors (Lipinski definition) is 1. The maximum atomic E-state index is 6.69. The van der Waals surface area contributed by atoms with Crippen LogP contribution in [-0.2, 0) is 4.43 Å². The van der Waals surface area contributed by atoms with Gasteiger partial charge in [-0.1, -0.05) is 108 Å². The molecule has 0 bridgehead atoms. The predicted molar refractivity (Wildman–Crippen MR) is 113 cm³/mol. The van der Waals surface area contributed by atoms with E-state index in [0.29, 0.717) is 0 Å². The fraction of sp³-hybridized carbons (Fsp3) is 0.182. The Morgan fingerprint density at radius 2 is 0.960 bits per heavy atom. The van der Waals surface area contributed by atoms with E-state index in [0.717, 1.165) is 6.61 Å². The minimum atomic E-state index is -2.22. The van der Waals surface area contributed by atoms with Crippen molar-refractivity contribution in [2.75, 3.05) is 6.61 Å². The molecular weight excluding hydrogens is 336 g/mol. The van der Waals surface area contributed by atoms with E-state index >= 15 is 0 Å². The monoisotopic (exact) mass is 362 g/mol. The molecule has 0 aliphatic rings. The molecule has 1 atom stereocenters. The molecule has 1 nitrogen and oxygen atoms in total. The third kappa shape index (κ3) is 3.15. The third-order valence-corrected chi connectivity index (χ3v) is 21.4. The predicted octanol–water partition coefficient (Wildman–Crippen LogP) is 3.48. The van der Waals surface area contributed by atoms with Crippen molar-refractivity contribution in [3.8, 4) is 0 Å². The van der Waals surface area contributed by atoms with E-state index in [4.69, 9.17) is 4.43 Å². The van der Waals surface area contributed by atoms with Crippen molar-refractivity contribution in [3.63, 3.8) is 0 Å². The minimum Gasteiger partial charge on any atom is -0.415 e. The third-order valence-electron chi connectivity index (χ3n) is 5.41. The molecule has 0 heterocycles. The lowest BCUT2D eigenvalue weighted by atomic mass is 10.4. The summed E-state index contributed by atoms with van der Waals surface area (Å²) in [6, 6.07) is 32.9. The van der Waals surface area contributed by atoms with Gasteiger partial charge < -0.3 is 4.43 Å². The first-order chi connectivity index (χ1) is 12.1. The van der Waals surface area contributed by atoms with E-state index in [1.54, 1.807) is 0 Å². The average molecular weight is 363 g/mol. The van der Waals surface area contributed by atoms with Gasteiger partial charge in [-0.2, -0.15) is 0 Å². The molecule has 3 rings (SSSR count). The van der Waals surface area contributed by atoms with E-state index in [2.05, 4.69) is 111 Å². The molecular formula is C22H26OSi2. The van der Waals surface area contributed by atoms with Crippen molar-refractivity contribution < 1.29 is 4.43 Å². The Morgan fingerprint density at radius 1 is 0.600 bits per heavy atom. The zero-order valence-corrected chi connectivity index (χ0v) is 17.3. The van der Waals surface area contributed by atoms with Crippen molar-refractivity contribution in [1.82, 2.24) is 0 Å². The second kappa shape index (κ2) is 7.52. The summed E-state index contributed by atoms with van der Waals surface area (Å²) in [5.74, 6) is 0. The first-order valence-corrected chi connectivity index (χ1v) is 14.8. The Labute approximate surface area is 153 Å². The van der Waals surface area contributed by atoms with Crippen LogP contribution in [0.1, 0.15) is 6.92 Å². The molecule has 25 heavy (non-hydrogen) atoms. The second-order valence-corrected chi connectivity index (χ2v) is 18.9. The number of hydrogen-bond donors (Lipinski definition) is 0. The lowest BCUT2D eigenvalue weighted by Gasteiger charge is -2.43. The average Bonchev–Trinajstić information content (AvgIpc) is 2.69. The van der Waals surface area contributed by atoms with Crippen LogP contribution in [0.15, 0.2) is 91.0 Å². The summed E-state index contributed by atoms with van der Waals surface area (Å²) < 4.78 is 6.69. The van der Waals surface area contributed by atoms with Gasteiger partial charge in [0, 0.05) is 6.61 Å². The largest absolute Gasteiger partial charge is 0.415 e. The standard InChI is InChI=1S/C22H26OSi2/c1-4-23-25(3,22-18-12-7-13-19-22)24(2,20-14-8-5-9-15-20)21-16-10-6-11-17-21/h5-19H,4H2,1-3H3. The first-order valence-electron chi connectivity index (χ1n) is 8.93. The van der Waals surface area contributed by atoms with Gasteiger partial charge in [-0.15, -0.1) is 0 Å². The lowest BCUT2D eigenvalue weighted by Crippen LogP contribution is -2.79. The van der Waals surface area contributed by atoms with Gasteiger partial charge in [-0.25, -0.2) is 0 Å². The van der Waals surface area contributed by atoms with Crippen molar-refractivity contribution in [1.29, 1.82) is 0 Å². The number of rotatable bonds is 6. The maximum absolute atomic E-state index is 6.69. The molecule has 0 spiro atoms. The fourth-order valence-corrected chi connectivity index (χ4v) is 17.2. The van der Waals surface area contributed by atoms with Gasteiger partial charge in [-0.05, 0) is 18.7 Å². The Bertz CT molecular complexity index is 751. The van der Waals surface area contributed by atoms with Crippen LogP contribution in [0.4, 0.5) is 0 Å². The maximum Gasteiger partial charge on any atom is 0.217 e. The highest BCUT2D eigenvalue weighted by molar-refractivity contribution is 7.52. The van der Waals surface area contributed by atoms with Crippen molar-refractivity contribution in [3.05, 3.63) is 91.0 Å². The minimum absolute atomic E-state index is 0.750. The second-order valence-electron chi connectivity index (χ2n) is 6.69. The van der Waals surface area contributed by atoms with E-state index in [1.165, 1.54) is 15.6 Å². The molecule has 0 aliphatic carbocycles. The summed E-state index contributed by atoms with van der Waals surface area (Å²) in [5, 5.41) is 4.29. The molecule has 0 aliphatic heterocycles. The summed E-state index contributed by atoms with van der Waals surface area (Å²) >= 11 is 0. The topological polar surface area (TPSA) is 9.23 Å². The smallest absolute Gasteiger partial charge is 0.217 e. The normalized spacial score (nSPS) is 14.0. The molecule has 128 valence electrons. The van der Waals surface area contributed by atoms with Gasteiger partial charge >= 0.3 is 0 Å². The molecule has 0 fully saturated rings. The van der Waals surface area contributed by atoms with Crippen LogP contribution in [0.5, 0.6) is 0 Å². The molecule has 0 radical (unpaired) electrons. The van der Waals surface area contributed by atoms with Gasteiger partial charge in [0.05, 0.1) is 0 Å². The zero-order valence-electron chi connectivity index (χ0n) is 15.3. The molecule has 0 saturated carbocycles. The highest BCUT2D eigenvalue weighted by Crippen LogP contribution is 2.21. The zero-order chi connectivity index (χ0) is 17.8. The van der Waals surface area contributed by atoms with Crippen LogP contribution in [0.3, 0.4) is 0 Å². The van der Waals surface area contributed by atoms with Gasteiger partial charge in [-0.3, -0.25) is 0 Å². The molecule has 0 aromatic heterocycles. The quantitative estimate of drug-likeness (QED) is 0.610. The summed E-state index contributed by atoms with van der Waals surface area (Å²) in [4.78, 5) is 0. The highest BCUT2D eigenvalue weighted by atomic mass is 29.3. The molecule has 0 N–H and O–H groups in total. The summed E-state index contributed by atoms with van der Waals surface area (Å²) in [7, 11) is -4.32. The van der Waals surface area contributed by atoms with Gasteiger partial charge in [0.2, 0.25) is 7.83 Å². The molecule has 3 aromatic carbocycles. The Morgan fingerprint density at radius 3 is 1.32 bits per heavy atom. The van der Waals surface area contributed by atoms with Crippen LogP contribution < -0.4 is 15.6 Å². The summed E-state index contributed by atoms with van der Waals surface area (Å²) in [6.45, 7) is 7.78. The highest BCUT2D eigenvalue weighted by Gasteiger charge is 2.54. The lowest BCUT2D eigenvalue weighted by molar-refractivity contribution is 0.346. The van der Waals surface area contributed by atoms with Crippen LogP contribution in [0, 0.1) is 0 Å². The molecule has 0 saturated heterocycles. The van der Waals surface area contributed by atoms with Crippen molar-refractivity contribution >= 4 is 31.0 Å². The first kappa shape index (κ1) is 17.9. The van der Waals surface area contributed by atoms with Crippen LogP contribution >= 0.6 is 0 Å². The van der Waals surface area contributed by atoms with E-state index in [1.807, 2.05) is 0 Å². The summed E-state index contributed by atoms with van der Waals surface area (Å²) in [5.41, 5.74) is 0. The molecule has 1 unspecified atom stereocenters. The number of benzene rings is 3. The van der Waals surface area contributed by atoms with E-state index < -0.39 is 15.4 Å². The van der Waals surface area contributed by atoms with Gasteiger partial charge in [0.25, 0.3) is 0 Å². The summed E-state index contributed by atoms with van der Waals surface area (Å²) in [6.07, 6.45) is 0. The molecule has 3 heteroatoms. The van der Waals surface area contributed by atoms with Crippen LogP contribution in [-0.4, -0.2) is 22.0 Å². The fourth-order valence-electron chi connectivity index (χ4n) is 3.82. The van der Waals surface area contributed by atoms with E-state index in [9.17, 15) is 0 Å². The Kier molecular flexibility index (Phi) is 5.37. The SMILES string of the molecule is CCO[Si](C)(c1ccccc1)[Si](C)(c1ccccc1)c1ccccc1. The van der Waals surface area contributed by atoms with Crippen molar-refractivity contribution in [2.45, 2.75) is 20.0 Å². The van der Waals surface area contributed by atoms with Gasteiger partial charge in [0.15, 0.2) is 0 Å². The van der Waals surface area contributed by atoms with Crippen LogP contribution in [0.25, 0.3) is 0 Å².